The fraction of sp³-hybridized carbons (Fsp3) is 0.292. The lowest BCUT2D eigenvalue weighted by molar-refractivity contribution is 0.568. The van der Waals surface area contributed by atoms with Crippen molar-refractivity contribution >= 4 is 42.8 Å². The normalized spacial score (nSPS) is 12.0. The average molecular weight is 502 g/mol. The van der Waals surface area contributed by atoms with E-state index in [-0.39, 0.29) is 0 Å². The monoisotopic (exact) mass is 501 g/mol. The molecule has 0 aliphatic heterocycles. The lowest BCUT2D eigenvalue weighted by Gasteiger charge is -2.09. The number of nitrogens with one attached hydrogen (secondary N) is 2. The number of rotatable bonds is 12. The van der Waals surface area contributed by atoms with E-state index < -0.39 is 10.0 Å². The molecule has 0 bridgehead atoms. The molecule has 3 rings (SSSR count). The molecule has 0 atom stereocenters. The highest BCUT2D eigenvalue weighted by Gasteiger charge is 2.16. The summed E-state index contributed by atoms with van der Waals surface area (Å²) in [5.74, 6) is 0. The largest absolute Gasteiger partial charge is 0.313 e. The molecule has 0 aliphatic rings. The van der Waals surface area contributed by atoms with Gasteiger partial charge in [0.2, 0.25) is 10.0 Å². The summed E-state index contributed by atoms with van der Waals surface area (Å²) in [6.45, 7) is 2.25. The van der Waals surface area contributed by atoms with Crippen molar-refractivity contribution in [3.63, 3.8) is 0 Å². The number of hydrogen-bond acceptors (Lipinski definition) is 4. The van der Waals surface area contributed by atoms with Crippen LogP contribution < -0.4 is 10.0 Å². The first kappa shape index (κ1) is 23.6. The summed E-state index contributed by atoms with van der Waals surface area (Å²) in [5.41, 5.74) is 1.19. The maximum atomic E-state index is 12.7. The van der Waals surface area contributed by atoms with E-state index >= 15 is 0 Å². The maximum absolute atomic E-state index is 12.7. The third-order valence-electron chi connectivity index (χ3n) is 4.95. The predicted octanol–water partition coefficient (Wildman–Crippen LogP) is 5.14. The lowest BCUT2D eigenvalue weighted by Crippen LogP contribution is -2.25. The number of benzene rings is 2. The molecule has 2 aromatic carbocycles. The summed E-state index contributed by atoms with van der Waals surface area (Å²) in [5, 5.41) is 4.93. The van der Waals surface area contributed by atoms with Crippen LogP contribution in [-0.4, -0.2) is 33.0 Å². The fourth-order valence-corrected chi connectivity index (χ4v) is 4.86. The topological polar surface area (TPSA) is 71.1 Å². The van der Waals surface area contributed by atoms with Crippen LogP contribution in [0.4, 0.5) is 0 Å². The standard InChI is InChI=1S/C24H28BrN3O2S/c25-22-12-10-20(11-13-22)7-6-16-26-15-3-1-2-4-17-28-31(29,30)24-9-5-8-21-19-27-18-14-23(21)24/h5-14,18-19,26,28H,1-4,15-17H2/b7-6+. The van der Waals surface area contributed by atoms with Gasteiger partial charge in [-0.3, -0.25) is 4.98 Å². The zero-order valence-corrected chi connectivity index (χ0v) is 19.8. The van der Waals surface area contributed by atoms with Gasteiger partial charge in [-0.1, -0.05) is 65.2 Å². The zero-order chi connectivity index (χ0) is 21.9. The summed E-state index contributed by atoms with van der Waals surface area (Å²) >= 11 is 3.43. The molecule has 0 spiro atoms. The highest BCUT2D eigenvalue weighted by Crippen LogP contribution is 2.21. The van der Waals surface area contributed by atoms with Crippen LogP contribution in [0.1, 0.15) is 31.2 Å². The molecule has 31 heavy (non-hydrogen) atoms. The summed E-state index contributed by atoms with van der Waals surface area (Å²) in [4.78, 5) is 4.37. The first-order valence-electron chi connectivity index (χ1n) is 10.5. The van der Waals surface area contributed by atoms with E-state index in [2.05, 4.69) is 55.2 Å². The number of hydrogen-bond donors (Lipinski definition) is 2. The predicted molar refractivity (Wildman–Crippen MR) is 131 cm³/mol. The summed E-state index contributed by atoms with van der Waals surface area (Å²) < 4.78 is 29.1. The van der Waals surface area contributed by atoms with Crippen molar-refractivity contribution < 1.29 is 8.42 Å². The molecular formula is C24H28BrN3O2S. The minimum atomic E-state index is -3.52. The molecule has 0 saturated carbocycles. The van der Waals surface area contributed by atoms with Crippen molar-refractivity contribution in [3.8, 4) is 0 Å². The van der Waals surface area contributed by atoms with E-state index in [4.69, 9.17) is 0 Å². The molecule has 0 aliphatic carbocycles. The molecule has 7 heteroatoms. The van der Waals surface area contributed by atoms with Gasteiger partial charge < -0.3 is 5.32 Å². The van der Waals surface area contributed by atoms with Crippen molar-refractivity contribution in [2.75, 3.05) is 19.6 Å². The number of nitrogens with zero attached hydrogens (tertiary/aromatic N) is 1. The second-order valence-corrected chi connectivity index (χ2v) is 9.97. The smallest absolute Gasteiger partial charge is 0.241 e. The van der Waals surface area contributed by atoms with Crippen LogP contribution in [0.15, 0.2) is 76.4 Å². The van der Waals surface area contributed by atoms with E-state index in [1.54, 1.807) is 30.6 Å². The Morgan fingerprint density at radius 2 is 1.71 bits per heavy atom. The van der Waals surface area contributed by atoms with Crippen molar-refractivity contribution in [1.29, 1.82) is 0 Å². The van der Waals surface area contributed by atoms with Gasteiger partial charge in [0.05, 0.1) is 4.90 Å². The van der Waals surface area contributed by atoms with Gasteiger partial charge in [0, 0.05) is 40.7 Å². The Kier molecular flexibility index (Phi) is 9.21. The number of aromatic nitrogens is 1. The second kappa shape index (κ2) is 12.1. The summed E-state index contributed by atoms with van der Waals surface area (Å²) in [6, 6.07) is 15.2. The van der Waals surface area contributed by atoms with Crippen LogP contribution in [-0.2, 0) is 10.0 Å². The van der Waals surface area contributed by atoms with Crippen LogP contribution in [0.25, 0.3) is 16.8 Å². The van der Waals surface area contributed by atoms with Crippen LogP contribution in [0.5, 0.6) is 0 Å². The molecule has 1 heterocycles. The van der Waals surface area contributed by atoms with Crippen LogP contribution >= 0.6 is 15.9 Å². The van der Waals surface area contributed by atoms with Crippen LogP contribution in [0.2, 0.25) is 0 Å². The number of fused-ring (bicyclic) bond motifs is 1. The Balaban J connectivity index is 1.28. The second-order valence-electron chi connectivity index (χ2n) is 7.32. The van der Waals surface area contributed by atoms with E-state index in [1.807, 2.05) is 18.2 Å². The quantitative estimate of drug-likeness (QED) is 0.337. The number of unbranched alkanes of at least 4 members (excludes halogenated alkanes) is 3. The van der Waals surface area contributed by atoms with Gasteiger partial charge in [-0.05, 0) is 49.2 Å². The SMILES string of the molecule is O=S(=O)(NCCCCCCNC/C=C/c1ccc(Br)cc1)c1cccc2cnccc12. The van der Waals surface area contributed by atoms with Gasteiger partial charge in [0.15, 0.2) is 0 Å². The van der Waals surface area contributed by atoms with E-state index in [0.717, 1.165) is 48.6 Å². The summed E-state index contributed by atoms with van der Waals surface area (Å²) in [7, 11) is -3.52. The number of sulfonamides is 1. The van der Waals surface area contributed by atoms with Gasteiger partial charge in [-0.2, -0.15) is 0 Å². The van der Waals surface area contributed by atoms with Gasteiger partial charge in [-0.15, -0.1) is 0 Å². The first-order valence-corrected chi connectivity index (χ1v) is 12.8. The Labute approximate surface area is 193 Å². The highest BCUT2D eigenvalue weighted by molar-refractivity contribution is 9.10. The third kappa shape index (κ3) is 7.54. The fourth-order valence-electron chi connectivity index (χ4n) is 3.29. The zero-order valence-electron chi connectivity index (χ0n) is 17.4. The molecule has 0 amide bonds. The van der Waals surface area contributed by atoms with Crippen molar-refractivity contribution in [2.45, 2.75) is 30.6 Å². The number of pyridine rings is 1. The van der Waals surface area contributed by atoms with Crippen molar-refractivity contribution in [1.82, 2.24) is 15.0 Å². The van der Waals surface area contributed by atoms with E-state index in [0.29, 0.717) is 16.8 Å². The number of halogens is 1. The lowest BCUT2D eigenvalue weighted by atomic mass is 10.2. The molecule has 0 saturated heterocycles. The van der Waals surface area contributed by atoms with Gasteiger partial charge in [0.1, 0.15) is 0 Å². The molecule has 3 aromatic rings. The molecule has 5 nitrogen and oxygen atoms in total. The van der Waals surface area contributed by atoms with Crippen LogP contribution in [0, 0.1) is 0 Å². The van der Waals surface area contributed by atoms with E-state index in [9.17, 15) is 8.42 Å². The minimum absolute atomic E-state index is 0.313. The van der Waals surface area contributed by atoms with Crippen molar-refractivity contribution in [2.24, 2.45) is 0 Å². The molecule has 0 unspecified atom stereocenters. The Bertz CT molecular complexity index is 1090. The molecule has 0 radical (unpaired) electrons. The molecule has 2 N–H and O–H groups in total. The first-order chi connectivity index (χ1) is 15.1. The van der Waals surface area contributed by atoms with Gasteiger partial charge in [-0.25, -0.2) is 13.1 Å². The minimum Gasteiger partial charge on any atom is -0.313 e. The van der Waals surface area contributed by atoms with Gasteiger partial charge >= 0.3 is 0 Å². The Hall–Kier alpha value is -2.06. The van der Waals surface area contributed by atoms with E-state index in [1.165, 1.54) is 5.56 Å². The van der Waals surface area contributed by atoms with Crippen LogP contribution in [0.3, 0.4) is 0 Å². The molecule has 164 valence electrons. The highest BCUT2D eigenvalue weighted by atomic mass is 79.9. The summed E-state index contributed by atoms with van der Waals surface area (Å²) in [6.07, 6.45) is 11.5. The average Bonchev–Trinajstić information content (AvgIpc) is 2.78. The molecule has 0 fully saturated rings. The maximum Gasteiger partial charge on any atom is 0.241 e. The van der Waals surface area contributed by atoms with Crippen molar-refractivity contribution in [3.05, 3.63) is 77.0 Å². The Morgan fingerprint density at radius 3 is 2.52 bits per heavy atom. The van der Waals surface area contributed by atoms with Gasteiger partial charge in [0.25, 0.3) is 0 Å². The third-order valence-corrected chi connectivity index (χ3v) is 6.99. The molecule has 1 aromatic heterocycles. The Morgan fingerprint density at radius 1 is 0.935 bits per heavy atom. The molecular weight excluding hydrogens is 474 g/mol.